The summed E-state index contributed by atoms with van der Waals surface area (Å²) in [4.78, 5) is 0. The average Bonchev–Trinajstić information content (AvgIpc) is 2.93. The average molecular weight is 326 g/mol. The van der Waals surface area contributed by atoms with Crippen molar-refractivity contribution in [1.82, 2.24) is 9.78 Å². The lowest BCUT2D eigenvalue weighted by Crippen LogP contribution is -2.14. The number of nitrogens with two attached hydrogens (primary N) is 1. The molecule has 2 aromatic rings. The molecule has 1 aromatic heterocycles. The molecule has 2 heterocycles. The smallest absolute Gasteiger partial charge is 0.152 e. The molecule has 5 nitrogen and oxygen atoms in total. The van der Waals surface area contributed by atoms with E-state index in [4.69, 9.17) is 17.3 Å². The summed E-state index contributed by atoms with van der Waals surface area (Å²) in [5.74, 6) is 0.796. The number of halogens is 1. The molecule has 0 aliphatic carbocycles. The number of hydrogen-bond donors (Lipinski definition) is 1. The highest BCUT2D eigenvalue weighted by atomic mass is 35.5. The maximum absolute atomic E-state index is 11.6. The van der Waals surface area contributed by atoms with Crippen molar-refractivity contribution in [3.05, 3.63) is 34.9 Å². The van der Waals surface area contributed by atoms with Gasteiger partial charge in [0.2, 0.25) is 0 Å². The summed E-state index contributed by atoms with van der Waals surface area (Å²) in [6.45, 7) is 1.88. The van der Waals surface area contributed by atoms with E-state index in [-0.39, 0.29) is 17.5 Å². The Kier molecular flexibility index (Phi) is 3.45. The van der Waals surface area contributed by atoms with Gasteiger partial charge in [0, 0.05) is 11.1 Å². The third kappa shape index (κ3) is 2.53. The predicted molar refractivity (Wildman–Crippen MR) is 84.1 cm³/mol. The van der Waals surface area contributed by atoms with Crippen LogP contribution >= 0.6 is 11.6 Å². The van der Waals surface area contributed by atoms with Gasteiger partial charge in [-0.1, -0.05) is 29.8 Å². The Morgan fingerprint density at radius 1 is 1.38 bits per heavy atom. The van der Waals surface area contributed by atoms with Crippen LogP contribution in [0, 0.1) is 6.92 Å². The van der Waals surface area contributed by atoms with E-state index < -0.39 is 9.84 Å². The first-order valence-corrected chi connectivity index (χ1v) is 8.89. The van der Waals surface area contributed by atoms with Gasteiger partial charge in [-0.25, -0.2) is 13.1 Å². The van der Waals surface area contributed by atoms with Gasteiger partial charge in [-0.05, 0) is 19.4 Å². The van der Waals surface area contributed by atoms with Crippen LogP contribution in [0.15, 0.2) is 24.3 Å². The largest absolute Gasteiger partial charge is 0.384 e. The van der Waals surface area contributed by atoms with Gasteiger partial charge in [-0.15, -0.1) is 0 Å². The molecule has 1 aromatic carbocycles. The Morgan fingerprint density at radius 3 is 2.71 bits per heavy atom. The van der Waals surface area contributed by atoms with Gasteiger partial charge in [0.15, 0.2) is 9.84 Å². The van der Waals surface area contributed by atoms with Gasteiger partial charge in [-0.3, -0.25) is 0 Å². The van der Waals surface area contributed by atoms with Crippen molar-refractivity contribution in [3.63, 3.8) is 0 Å². The van der Waals surface area contributed by atoms with Crippen LogP contribution in [0.25, 0.3) is 11.3 Å². The van der Waals surface area contributed by atoms with Crippen LogP contribution < -0.4 is 5.73 Å². The topological polar surface area (TPSA) is 78.0 Å². The molecular formula is C14H16ClN3O2S. The van der Waals surface area contributed by atoms with Gasteiger partial charge in [0.05, 0.1) is 28.3 Å². The molecule has 1 saturated heterocycles. The molecule has 0 bridgehead atoms. The van der Waals surface area contributed by atoms with Crippen molar-refractivity contribution >= 4 is 27.3 Å². The molecule has 0 saturated carbocycles. The van der Waals surface area contributed by atoms with E-state index in [1.165, 1.54) is 0 Å². The van der Waals surface area contributed by atoms with Crippen LogP contribution in [0.1, 0.15) is 18.0 Å². The maximum atomic E-state index is 11.6. The Bertz CT molecular complexity index is 799. The minimum atomic E-state index is -2.98. The molecule has 3 rings (SSSR count). The SMILES string of the molecule is Cc1c(-c2ccccc2Cl)nn(C2CCS(=O)(=O)C2)c1N. The van der Waals surface area contributed by atoms with Crippen molar-refractivity contribution in [2.45, 2.75) is 19.4 Å². The second-order valence-electron chi connectivity index (χ2n) is 5.34. The molecule has 21 heavy (non-hydrogen) atoms. The summed E-state index contributed by atoms with van der Waals surface area (Å²) in [7, 11) is -2.98. The fraction of sp³-hybridized carbons (Fsp3) is 0.357. The zero-order chi connectivity index (χ0) is 15.2. The molecule has 0 amide bonds. The Labute approximate surface area is 128 Å². The van der Waals surface area contributed by atoms with Crippen LogP contribution in [0.5, 0.6) is 0 Å². The maximum Gasteiger partial charge on any atom is 0.152 e. The lowest BCUT2D eigenvalue weighted by molar-refractivity contribution is 0.508. The zero-order valence-corrected chi connectivity index (χ0v) is 13.2. The Balaban J connectivity index is 2.07. The molecule has 1 atom stereocenters. The molecule has 0 radical (unpaired) electrons. The van der Waals surface area contributed by atoms with Crippen molar-refractivity contribution in [2.75, 3.05) is 17.2 Å². The fourth-order valence-electron chi connectivity index (χ4n) is 2.69. The molecular weight excluding hydrogens is 310 g/mol. The second kappa shape index (κ2) is 5.03. The van der Waals surface area contributed by atoms with Crippen molar-refractivity contribution in [2.24, 2.45) is 0 Å². The van der Waals surface area contributed by atoms with E-state index in [9.17, 15) is 8.42 Å². The standard InChI is InChI=1S/C14H16ClN3O2S/c1-9-13(11-4-2-3-5-12(11)15)17-18(14(9)16)10-6-7-21(19,20)8-10/h2-5,10H,6-8,16H2,1H3. The molecule has 1 aliphatic heterocycles. The van der Waals surface area contributed by atoms with Crippen molar-refractivity contribution in [1.29, 1.82) is 0 Å². The lowest BCUT2D eigenvalue weighted by Gasteiger charge is -2.10. The van der Waals surface area contributed by atoms with E-state index >= 15 is 0 Å². The molecule has 112 valence electrons. The molecule has 7 heteroatoms. The number of nitrogen functional groups attached to an aromatic ring is 1. The van der Waals surface area contributed by atoms with Crippen molar-refractivity contribution in [3.8, 4) is 11.3 Å². The second-order valence-corrected chi connectivity index (χ2v) is 7.98. The van der Waals surface area contributed by atoms with Crippen LogP contribution in [0.4, 0.5) is 5.82 Å². The summed E-state index contributed by atoms with van der Waals surface area (Å²) in [5, 5.41) is 5.13. The highest BCUT2D eigenvalue weighted by Gasteiger charge is 2.32. The van der Waals surface area contributed by atoms with E-state index in [2.05, 4.69) is 5.10 Å². The Morgan fingerprint density at radius 2 is 2.10 bits per heavy atom. The molecule has 2 N–H and O–H groups in total. The normalized spacial score (nSPS) is 20.8. The first-order valence-electron chi connectivity index (χ1n) is 6.69. The minimum Gasteiger partial charge on any atom is -0.384 e. The first kappa shape index (κ1) is 14.4. The summed E-state index contributed by atoms with van der Waals surface area (Å²) in [6.07, 6.45) is 0.551. The highest BCUT2D eigenvalue weighted by Crippen LogP contribution is 2.34. The number of rotatable bonds is 2. The number of sulfone groups is 1. The quantitative estimate of drug-likeness (QED) is 0.920. The van der Waals surface area contributed by atoms with E-state index in [1.807, 2.05) is 25.1 Å². The van der Waals surface area contributed by atoms with Crippen LogP contribution in [0.2, 0.25) is 5.02 Å². The van der Waals surface area contributed by atoms with Crippen LogP contribution in [-0.2, 0) is 9.84 Å². The molecule has 0 spiro atoms. The highest BCUT2D eigenvalue weighted by molar-refractivity contribution is 7.91. The number of hydrogen-bond acceptors (Lipinski definition) is 4. The van der Waals surface area contributed by atoms with E-state index in [1.54, 1.807) is 10.7 Å². The monoisotopic (exact) mass is 325 g/mol. The van der Waals surface area contributed by atoms with Gasteiger partial charge < -0.3 is 5.73 Å². The lowest BCUT2D eigenvalue weighted by atomic mass is 10.1. The van der Waals surface area contributed by atoms with Gasteiger partial charge in [-0.2, -0.15) is 5.10 Å². The number of nitrogens with zero attached hydrogens (tertiary/aromatic N) is 2. The summed E-state index contributed by atoms with van der Waals surface area (Å²) >= 11 is 6.21. The summed E-state index contributed by atoms with van der Waals surface area (Å²) in [6, 6.07) is 7.23. The van der Waals surface area contributed by atoms with Gasteiger partial charge in [0.25, 0.3) is 0 Å². The predicted octanol–water partition coefficient (Wildman–Crippen LogP) is 2.45. The molecule has 1 fully saturated rings. The van der Waals surface area contributed by atoms with E-state index in [0.717, 1.165) is 11.1 Å². The van der Waals surface area contributed by atoms with Crippen LogP contribution in [-0.4, -0.2) is 29.7 Å². The minimum absolute atomic E-state index is 0.0975. The number of aromatic nitrogens is 2. The van der Waals surface area contributed by atoms with Gasteiger partial charge in [0.1, 0.15) is 5.82 Å². The van der Waals surface area contributed by atoms with Crippen LogP contribution in [0.3, 0.4) is 0 Å². The van der Waals surface area contributed by atoms with Gasteiger partial charge >= 0.3 is 0 Å². The molecule has 1 unspecified atom stereocenters. The van der Waals surface area contributed by atoms with Crippen molar-refractivity contribution < 1.29 is 8.42 Å². The third-order valence-electron chi connectivity index (χ3n) is 3.88. The van der Waals surface area contributed by atoms with E-state index in [0.29, 0.717) is 23.0 Å². The number of benzene rings is 1. The summed E-state index contributed by atoms with van der Waals surface area (Å²) < 4.78 is 24.9. The summed E-state index contributed by atoms with van der Waals surface area (Å²) in [5.41, 5.74) is 8.47. The molecule has 1 aliphatic rings. The third-order valence-corrected chi connectivity index (χ3v) is 5.96. The first-order chi connectivity index (χ1) is 9.89. The fourth-order valence-corrected chi connectivity index (χ4v) is 4.60. The Hall–Kier alpha value is -1.53. The number of anilines is 1. The zero-order valence-electron chi connectivity index (χ0n) is 11.6.